The Morgan fingerprint density at radius 3 is 2.81 bits per heavy atom. The molecular formula is C13H21NO2. The third kappa shape index (κ3) is 3.74. The SMILES string of the molecule is COc1ccc(C)c(NC(C)CCCO)c1. The van der Waals surface area contributed by atoms with E-state index in [1.165, 1.54) is 5.56 Å². The Morgan fingerprint density at radius 1 is 1.44 bits per heavy atom. The summed E-state index contributed by atoms with van der Waals surface area (Å²) in [7, 11) is 1.67. The van der Waals surface area contributed by atoms with Crippen LogP contribution < -0.4 is 10.1 Å². The number of hydrogen-bond acceptors (Lipinski definition) is 3. The fraction of sp³-hybridized carbons (Fsp3) is 0.538. The maximum Gasteiger partial charge on any atom is 0.120 e. The summed E-state index contributed by atoms with van der Waals surface area (Å²) in [6, 6.07) is 6.36. The Hall–Kier alpha value is -1.22. The largest absolute Gasteiger partial charge is 0.497 e. The third-order valence-electron chi connectivity index (χ3n) is 2.64. The molecule has 0 amide bonds. The third-order valence-corrected chi connectivity index (χ3v) is 2.64. The van der Waals surface area contributed by atoms with Crippen molar-refractivity contribution in [3.63, 3.8) is 0 Å². The molecule has 1 atom stereocenters. The second-order valence-electron chi connectivity index (χ2n) is 4.09. The minimum absolute atomic E-state index is 0.253. The summed E-state index contributed by atoms with van der Waals surface area (Å²) in [5.41, 5.74) is 2.31. The van der Waals surface area contributed by atoms with Crippen LogP contribution in [0.5, 0.6) is 5.75 Å². The van der Waals surface area contributed by atoms with Crippen molar-refractivity contribution in [2.75, 3.05) is 19.0 Å². The number of ether oxygens (including phenoxy) is 1. The number of methoxy groups -OCH3 is 1. The van der Waals surface area contributed by atoms with E-state index >= 15 is 0 Å². The van der Waals surface area contributed by atoms with Crippen LogP contribution in [0.25, 0.3) is 0 Å². The van der Waals surface area contributed by atoms with Crippen molar-refractivity contribution >= 4 is 5.69 Å². The maximum absolute atomic E-state index is 8.77. The molecule has 90 valence electrons. The number of benzene rings is 1. The second kappa shape index (κ2) is 6.38. The van der Waals surface area contributed by atoms with Crippen LogP contribution in [-0.2, 0) is 0 Å². The summed E-state index contributed by atoms with van der Waals surface area (Å²) in [6.07, 6.45) is 1.80. The first-order valence-electron chi connectivity index (χ1n) is 5.69. The van der Waals surface area contributed by atoms with E-state index in [0.29, 0.717) is 6.04 Å². The number of rotatable bonds is 6. The summed E-state index contributed by atoms with van der Waals surface area (Å²) in [5, 5.41) is 12.2. The van der Waals surface area contributed by atoms with E-state index in [1.54, 1.807) is 7.11 Å². The van der Waals surface area contributed by atoms with Gasteiger partial charge in [-0.15, -0.1) is 0 Å². The van der Waals surface area contributed by atoms with E-state index in [0.717, 1.165) is 24.3 Å². The highest BCUT2D eigenvalue weighted by molar-refractivity contribution is 5.55. The summed E-state index contributed by atoms with van der Waals surface area (Å²) in [6.45, 7) is 4.44. The van der Waals surface area contributed by atoms with E-state index in [1.807, 2.05) is 18.2 Å². The fourth-order valence-electron chi connectivity index (χ4n) is 1.62. The highest BCUT2D eigenvalue weighted by atomic mass is 16.5. The standard InChI is InChI=1S/C13H21NO2/c1-10-6-7-12(16-3)9-13(10)14-11(2)5-4-8-15/h6-7,9,11,14-15H,4-5,8H2,1-3H3. The van der Waals surface area contributed by atoms with Crippen molar-refractivity contribution in [3.8, 4) is 5.75 Å². The smallest absolute Gasteiger partial charge is 0.120 e. The van der Waals surface area contributed by atoms with Gasteiger partial charge in [-0.1, -0.05) is 6.07 Å². The van der Waals surface area contributed by atoms with E-state index in [4.69, 9.17) is 9.84 Å². The van der Waals surface area contributed by atoms with Gasteiger partial charge in [0.05, 0.1) is 7.11 Å². The monoisotopic (exact) mass is 223 g/mol. The molecule has 1 aromatic rings. The van der Waals surface area contributed by atoms with Crippen molar-refractivity contribution in [1.29, 1.82) is 0 Å². The van der Waals surface area contributed by atoms with Crippen LogP contribution in [0.1, 0.15) is 25.3 Å². The van der Waals surface area contributed by atoms with Crippen molar-refractivity contribution in [2.45, 2.75) is 32.7 Å². The van der Waals surface area contributed by atoms with E-state index < -0.39 is 0 Å². The molecule has 3 nitrogen and oxygen atoms in total. The molecule has 0 aliphatic carbocycles. The Morgan fingerprint density at radius 2 is 2.19 bits per heavy atom. The Bertz CT molecular complexity index is 326. The Labute approximate surface area is 97.4 Å². The molecular weight excluding hydrogens is 202 g/mol. The number of hydrogen-bond donors (Lipinski definition) is 2. The quantitative estimate of drug-likeness (QED) is 0.779. The zero-order chi connectivity index (χ0) is 12.0. The van der Waals surface area contributed by atoms with Crippen molar-refractivity contribution in [3.05, 3.63) is 23.8 Å². The summed E-state index contributed by atoms with van der Waals surface area (Å²) >= 11 is 0. The van der Waals surface area contributed by atoms with Gasteiger partial charge in [-0.3, -0.25) is 0 Å². The first-order valence-corrected chi connectivity index (χ1v) is 5.69. The average molecular weight is 223 g/mol. The zero-order valence-corrected chi connectivity index (χ0v) is 10.3. The lowest BCUT2D eigenvalue weighted by Crippen LogP contribution is -2.16. The van der Waals surface area contributed by atoms with Gasteiger partial charge in [0.15, 0.2) is 0 Å². The van der Waals surface area contributed by atoms with Gasteiger partial charge in [0.25, 0.3) is 0 Å². The first-order chi connectivity index (χ1) is 7.67. The maximum atomic E-state index is 8.77. The van der Waals surface area contributed by atoms with E-state index in [9.17, 15) is 0 Å². The van der Waals surface area contributed by atoms with Gasteiger partial charge in [-0.05, 0) is 38.3 Å². The molecule has 0 radical (unpaired) electrons. The van der Waals surface area contributed by atoms with E-state index in [-0.39, 0.29) is 6.61 Å². The molecule has 1 unspecified atom stereocenters. The van der Waals surface area contributed by atoms with Crippen molar-refractivity contribution < 1.29 is 9.84 Å². The zero-order valence-electron chi connectivity index (χ0n) is 10.3. The number of aliphatic hydroxyl groups is 1. The topological polar surface area (TPSA) is 41.5 Å². The second-order valence-corrected chi connectivity index (χ2v) is 4.09. The first kappa shape index (κ1) is 12.8. The van der Waals surface area contributed by atoms with E-state index in [2.05, 4.69) is 19.2 Å². The van der Waals surface area contributed by atoms with Crippen LogP contribution in [0.4, 0.5) is 5.69 Å². The molecule has 0 heterocycles. The molecule has 0 saturated heterocycles. The number of aryl methyl sites for hydroxylation is 1. The Balaban J connectivity index is 2.64. The van der Waals surface area contributed by atoms with Crippen LogP contribution >= 0.6 is 0 Å². The van der Waals surface area contributed by atoms with Crippen LogP contribution in [0.15, 0.2) is 18.2 Å². The van der Waals surface area contributed by atoms with Gasteiger partial charge in [-0.2, -0.15) is 0 Å². The number of anilines is 1. The predicted molar refractivity (Wildman–Crippen MR) is 67.1 cm³/mol. The molecule has 2 N–H and O–H groups in total. The van der Waals surface area contributed by atoms with Gasteiger partial charge < -0.3 is 15.2 Å². The summed E-state index contributed by atoms with van der Waals surface area (Å²) in [4.78, 5) is 0. The lowest BCUT2D eigenvalue weighted by Gasteiger charge is -2.17. The normalized spacial score (nSPS) is 12.2. The van der Waals surface area contributed by atoms with Crippen molar-refractivity contribution in [2.24, 2.45) is 0 Å². The molecule has 0 saturated carbocycles. The highest BCUT2D eigenvalue weighted by Gasteiger charge is 2.05. The Kier molecular flexibility index (Phi) is 5.12. The molecule has 0 bridgehead atoms. The summed E-state index contributed by atoms with van der Waals surface area (Å²) in [5.74, 6) is 0.863. The minimum Gasteiger partial charge on any atom is -0.497 e. The van der Waals surface area contributed by atoms with Gasteiger partial charge in [0.2, 0.25) is 0 Å². The molecule has 0 spiro atoms. The molecule has 0 aliphatic rings. The fourth-order valence-corrected chi connectivity index (χ4v) is 1.62. The molecule has 3 heteroatoms. The summed E-state index contributed by atoms with van der Waals surface area (Å²) < 4.78 is 5.19. The van der Waals surface area contributed by atoms with Gasteiger partial charge in [-0.25, -0.2) is 0 Å². The number of nitrogens with one attached hydrogen (secondary N) is 1. The molecule has 16 heavy (non-hydrogen) atoms. The highest BCUT2D eigenvalue weighted by Crippen LogP contribution is 2.22. The molecule has 0 fully saturated rings. The van der Waals surface area contributed by atoms with Crippen LogP contribution in [0.2, 0.25) is 0 Å². The lowest BCUT2D eigenvalue weighted by molar-refractivity contribution is 0.282. The average Bonchev–Trinajstić information content (AvgIpc) is 2.29. The van der Waals surface area contributed by atoms with Crippen LogP contribution in [0, 0.1) is 6.92 Å². The van der Waals surface area contributed by atoms with Gasteiger partial charge >= 0.3 is 0 Å². The van der Waals surface area contributed by atoms with Crippen LogP contribution in [-0.4, -0.2) is 24.9 Å². The molecule has 1 aromatic carbocycles. The van der Waals surface area contributed by atoms with Gasteiger partial charge in [0, 0.05) is 24.4 Å². The molecule has 1 rings (SSSR count). The minimum atomic E-state index is 0.253. The molecule has 0 aliphatic heterocycles. The predicted octanol–water partition coefficient (Wildman–Crippen LogP) is 2.58. The lowest BCUT2D eigenvalue weighted by atomic mass is 10.1. The van der Waals surface area contributed by atoms with Crippen LogP contribution in [0.3, 0.4) is 0 Å². The van der Waals surface area contributed by atoms with Gasteiger partial charge in [0.1, 0.15) is 5.75 Å². The van der Waals surface area contributed by atoms with Crippen molar-refractivity contribution in [1.82, 2.24) is 0 Å². The molecule has 0 aromatic heterocycles. The number of aliphatic hydroxyl groups excluding tert-OH is 1.